The van der Waals surface area contributed by atoms with Crippen LogP contribution in [0.1, 0.15) is 5.82 Å². The molecular formula is C13H16N4O2S. The summed E-state index contributed by atoms with van der Waals surface area (Å²) in [5.74, 6) is 7.33. The lowest BCUT2D eigenvalue weighted by Crippen LogP contribution is -2.11. The van der Waals surface area contributed by atoms with E-state index in [9.17, 15) is 0 Å². The average Bonchev–Trinajstić information content (AvgIpc) is 2.48. The SMILES string of the molecule is COCc1nc(NN)cc(Sc2ccccc2OC)n1. The van der Waals surface area contributed by atoms with Crippen molar-refractivity contribution in [3.8, 4) is 5.75 Å². The lowest BCUT2D eigenvalue weighted by atomic mass is 10.3. The van der Waals surface area contributed by atoms with E-state index in [1.54, 1.807) is 20.3 Å². The van der Waals surface area contributed by atoms with Crippen molar-refractivity contribution in [1.29, 1.82) is 0 Å². The van der Waals surface area contributed by atoms with Gasteiger partial charge in [0.2, 0.25) is 0 Å². The largest absolute Gasteiger partial charge is 0.496 e. The Balaban J connectivity index is 2.30. The third-order valence-electron chi connectivity index (χ3n) is 2.45. The van der Waals surface area contributed by atoms with Gasteiger partial charge in [0, 0.05) is 13.2 Å². The maximum Gasteiger partial charge on any atom is 0.157 e. The number of nitrogen functional groups attached to an aromatic ring is 1. The number of nitrogens with two attached hydrogens (primary N) is 1. The summed E-state index contributed by atoms with van der Waals surface area (Å²) in [7, 11) is 3.24. The van der Waals surface area contributed by atoms with Gasteiger partial charge in [0.1, 0.15) is 23.2 Å². The number of aromatic nitrogens is 2. The van der Waals surface area contributed by atoms with Gasteiger partial charge in [0.05, 0.1) is 12.0 Å². The van der Waals surface area contributed by atoms with E-state index in [0.29, 0.717) is 18.2 Å². The first-order valence-electron chi connectivity index (χ1n) is 5.91. The van der Waals surface area contributed by atoms with E-state index in [4.69, 9.17) is 15.3 Å². The van der Waals surface area contributed by atoms with Gasteiger partial charge in [-0.05, 0) is 12.1 Å². The van der Waals surface area contributed by atoms with Crippen LogP contribution in [0.5, 0.6) is 5.75 Å². The highest BCUT2D eigenvalue weighted by Crippen LogP contribution is 2.34. The summed E-state index contributed by atoms with van der Waals surface area (Å²) in [6.45, 7) is 0.328. The van der Waals surface area contributed by atoms with E-state index >= 15 is 0 Å². The van der Waals surface area contributed by atoms with Crippen LogP contribution in [0.4, 0.5) is 5.82 Å². The van der Waals surface area contributed by atoms with Crippen LogP contribution in [-0.4, -0.2) is 24.2 Å². The minimum Gasteiger partial charge on any atom is -0.496 e. The number of para-hydroxylation sites is 1. The molecule has 0 amide bonds. The fourth-order valence-corrected chi connectivity index (χ4v) is 2.55. The number of nitrogens with one attached hydrogen (secondary N) is 1. The van der Waals surface area contributed by atoms with Crippen molar-refractivity contribution in [3.63, 3.8) is 0 Å². The van der Waals surface area contributed by atoms with Crippen molar-refractivity contribution >= 4 is 17.6 Å². The molecule has 0 bridgehead atoms. The lowest BCUT2D eigenvalue weighted by molar-refractivity contribution is 0.177. The molecule has 0 spiro atoms. The molecule has 1 heterocycles. The molecule has 2 rings (SSSR count). The molecule has 0 aliphatic carbocycles. The third-order valence-corrected chi connectivity index (χ3v) is 3.43. The molecule has 3 N–H and O–H groups in total. The summed E-state index contributed by atoms with van der Waals surface area (Å²) < 4.78 is 10.4. The number of ether oxygens (including phenoxy) is 2. The summed E-state index contributed by atoms with van der Waals surface area (Å²) in [6.07, 6.45) is 0. The second-order valence-corrected chi connectivity index (χ2v) is 4.90. The highest BCUT2D eigenvalue weighted by atomic mass is 32.2. The maximum atomic E-state index is 5.42. The molecular weight excluding hydrogens is 276 g/mol. The first-order valence-corrected chi connectivity index (χ1v) is 6.73. The molecule has 0 aliphatic heterocycles. The highest BCUT2D eigenvalue weighted by molar-refractivity contribution is 7.99. The van der Waals surface area contributed by atoms with Gasteiger partial charge in [0.15, 0.2) is 5.82 Å². The zero-order valence-corrected chi connectivity index (χ0v) is 12.1. The van der Waals surface area contributed by atoms with Gasteiger partial charge < -0.3 is 14.9 Å². The van der Waals surface area contributed by atoms with Crippen LogP contribution >= 0.6 is 11.8 Å². The van der Waals surface area contributed by atoms with Crippen molar-refractivity contribution in [2.75, 3.05) is 19.6 Å². The highest BCUT2D eigenvalue weighted by Gasteiger charge is 2.09. The Morgan fingerprint density at radius 3 is 2.75 bits per heavy atom. The van der Waals surface area contributed by atoms with Crippen LogP contribution in [0, 0.1) is 0 Å². The Bertz CT molecular complexity index is 580. The predicted octanol–water partition coefficient (Wildman–Crippen LogP) is 2.07. The van der Waals surface area contributed by atoms with E-state index in [2.05, 4.69) is 15.4 Å². The van der Waals surface area contributed by atoms with Crippen molar-refractivity contribution in [2.24, 2.45) is 5.84 Å². The fraction of sp³-hybridized carbons (Fsp3) is 0.231. The number of nitrogens with zero attached hydrogens (tertiary/aromatic N) is 2. The number of hydrazine groups is 1. The van der Waals surface area contributed by atoms with Crippen molar-refractivity contribution in [3.05, 3.63) is 36.2 Å². The molecule has 1 aromatic heterocycles. The molecule has 0 saturated heterocycles. The van der Waals surface area contributed by atoms with Gasteiger partial charge in [0.25, 0.3) is 0 Å². The summed E-state index contributed by atoms with van der Waals surface area (Å²) in [6, 6.07) is 9.52. The van der Waals surface area contributed by atoms with Gasteiger partial charge in [-0.1, -0.05) is 23.9 Å². The van der Waals surface area contributed by atoms with E-state index < -0.39 is 0 Å². The molecule has 0 atom stereocenters. The maximum absolute atomic E-state index is 5.42. The topological polar surface area (TPSA) is 82.3 Å². The number of rotatable bonds is 6. The minimum absolute atomic E-state index is 0.328. The smallest absolute Gasteiger partial charge is 0.157 e. The van der Waals surface area contributed by atoms with E-state index in [1.807, 2.05) is 24.3 Å². The van der Waals surface area contributed by atoms with Crippen molar-refractivity contribution in [2.45, 2.75) is 16.5 Å². The fourth-order valence-electron chi connectivity index (χ4n) is 1.61. The van der Waals surface area contributed by atoms with Crippen LogP contribution in [-0.2, 0) is 11.3 Å². The molecule has 20 heavy (non-hydrogen) atoms. The Kier molecular flexibility index (Phi) is 5.16. The van der Waals surface area contributed by atoms with Crippen LogP contribution in [0.2, 0.25) is 0 Å². The second kappa shape index (κ2) is 7.09. The van der Waals surface area contributed by atoms with Crippen LogP contribution in [0.3, 0.4) is 0 Å². The molecule has 106 valence electrons. The minimum atomic E-state index is 0.328. The molecule has 0 saturated carbocycles. The summed E-state index contributed by atoms with van der Waals surface area (Å²) >= 11 is 1.48. The average molecular weight is 292 g/mol. The molecule has 0 aliphatic rings. The van der Waals surface area contributed by atoms with Crippen LogP contribution in [0.25, 0.3) is 0 Å². The molecule has 0 unspecified atom stereocenters. The Hall–Kier alpha value is -1.83. The Morgan fingerprint density at radius 1 is 1.25 bits per heavy atom. The van der Waals surface area contributed by atoms with Crippen molar-refractivity contribution < 1.29 is 9.47 Å². The number of hydrogen-bond acceptors (Lipinski definition) is 7. The molecule has 0 radical (unpaired) electrons. The standard InChI is InChI=1S/C13H16N4O2S/c1-18-8-12-15-11(17-14)7-13(16-12)20-10-6-4-3-5-9(10)19-2/h3-7H,8,14H2,1-2H3,(H,15,16,17). The van der Waals surface area contributed by atoms with E-state index in [1.165, 1.54) is 11.8 Å². The number of methoxy groups -OCH3 is 2. The predicted molar refractivity (Wildman–Crippen MR) is 77.7 cm³/mol. The molecule has 2 aromatic rings. The quantitative estimate of drug-likeness (QED) is 0.479. The molecule has 0 fully saturated rings. The summed E-state index contributed by atoms with van der Waals surface area (Å²) in [5.41, 5.74) is 2.53. The zero-order valence-electron chi connectivity index (χ0n) is 11.3. The van der Waals surface area contributed by atoms with Gasteiger partial charge >= 0.3 is 0 Å². The normalized spacial score (nSPS) is 10.3. The monoisotopic (exact) mass is 292 g/mol. The molecule has 6 nitrogen and oxygen atoms in total. The second-order valence-electron chi connectivity index (χ2n) is 3.84. The van der Waals surface area contributed by atoms with Gasteiger partial charge in [-0.25, -0.2) is 15.8 Å². The van der Waals surface area contributed by atoms with Gasteiger partial charge in [-0.15, -0.1) is 0 Å². The lowest BCUT2D eigenvalue weighted by Gasteiger charge is -2.09. The third kappa shape index (κ3) is 3.60. The summed E-state index contributed by atoms with van der Waals surface area (Å²) in [4.78, 5) is 9.60. The molecule has 1 aromatic carbocycles. The Labute approximate surface area is 121 Å². The Morgan fingerprint density at radius 2 is 2.05 bits per heavy atom. The van der Waals surface area contributed by atoms with Gasteiger partial charge in [-0.3, -0.25) is 0 Å². The summed E-state index contributed by atoms with van der Waals surface area (Å²) in [5, 5.41) is 0.768. The number of benzene rings is 1. The van der Waals surface area contributed by atoms with Crippen LogP contribution in [0.15, 0.2) is 40.3 Å². The van der Waals surface area contributed by atoms with Crippen molar-refractivity contribution in [1.82, 2.24) is 9.97 Å². The molecule has 7 heteroatoms. The van der Waals surface area contributed by atoms with Crippen LogP contribution < -0.4 is 16.0 Å². The number of anilines is 1. The number of hydrogen-bond donors (Lipinski definition) is 2. The van der Waals surface area contributed by atoms with E-state index in [0.717, 1.165) is 15.7 Å². The van der Waals surface area contributed by atoms with Gasteiger partial charge in [-0.2, -0.15) is 0 Å². The first-order chi connectivity index (χ1) is 9.76. The first kappa shape index (κ1) is 14.6. The zero-order chi connectivity index (χ0) is 14.4. The van der Waals surface area contributed by atoms with E-state index in [-0.39, 0.29) is 0 Å².